The van der Waals surface area contributed by atoms with Crippen LogP contribution in [0.1, 0.15) is 29.8 Å². The highest BCUT2D eigenvalue weighted by molar-refractivity contribution is 5.67. The van der Waals surface area contributed by atoms with Gasteiger partial charge in [0, 0.05) is 61.6 Å². The van der Waals surface area contributed by atoms with Crippen LogP contribution in [0.3, 0.4) is 0 Å². The van der Waals surface area contributed by atoms with Gasteiger partial charge in [0.1, 0.15) is 5.82 Å². The normalized spacial score (nSPS) is 17.6. The van der Waals surface area contributed by atoms with Gasteiger partial charge >= 0.3 is 0 Å². The Balaban J connectivity index is 1.45. The number of rotatable bonds is 5. The van der Waals surface area contributed by atoms with Gasteiger partial charge in [-0.2, -0.15) is 0 Å². The lowest BCUT2D eigenvalue weighted by molar-refractivity contribution is 0.345. The fraction of sp³-hybridized carbons (Fsp3) is 0.214. The second-order valence-electron chi connectivity index (χ2n) is 9.77. The molecule has 1 aliphatic heterocycles. The summed E-state index contributed by atoms with van der Waals surface area (Å²) in [4.78, 5) is 19.6. The zero-order chi connectivity index (χ0) is 27.1. The smallest absolute Gasteiger partial charge is 0.180 e. The van der Waals surface area contributed by atoms with Crippen LogP contribution in [-0.4, -0.2) is 37.4 Å². The molecular weight excluding hydrogens is 505 g/mol. The average molecular weight is 531 g/mol. The van der Waals surface area contributed by atoms with Crippen LogP contribution in [0.4, 0.5) is 24.7 Å². The number of aromatic nitrogens is 5. The van der Waals surface area contributed by atoms with Crippen molar-refractivity contribution in [2.75, 3.05) is 23.7 Å². The maximum absolute atomic E-state index is 14.7. The van der Waals surface area contributed by atoms with Crippen LogP contribution in [0.2, 0.25) is 0 Å². The van der Waals surface area contributed by atoms with E-state index in [0.717, 1.165) is 48.1 Å². The molecular formula is C28H25F3N8. The number of imidazole rings is 1. The van der Waals surface area contributed by atoms with Gasteiger partial charge < -0.3 is 16.4 Å². The molecule has 4 N–H and O–H groups in total. The Kier molecular flexibility index (Phi) is 6.15. The molecule has 1 saturated heterocycles. The molecule has 39 heavy (non-hydrogen) atoms. The van der Waals surface area contributed by atoms with E-state index in [1.807, 2.05) is 22.6 Å². The van der Waals surface area contributed by atoms with Gasteiger partial charge in [0.2, 0.25) is 0 Å². The van der Waals surface area contributed by atoms with Crippen LogP contribution >= 0.6 is 0 Å². The molecule has 0 saturated carbocycles. The van der Waals surface area contributed by atoms with Crippen molar-refractivity contribution in [3.8, 4) is 11.3 Å². The summed E-state index contributed by atoms with van der Waals surface area (Å²) >= 11 is 0. The first-order valence-electron chi connectivity index (χ1n) is 12.5. The number of nitrogens with zero attached hydrogens (tertiary/aromatic N) is 6. The van der Waals surface area contributed by atoms with Crippen LogP contribution < -0.4 is 16.4 Å². The van der Waals surface area contributed by atoms with Gasteiger partial charge in [-0.15, -0.1) is 0 Å². The molecule has 6 rings (SSSR count). The molecule has 1 aliphatic rings. The molecule has 0 aliphatic carbocycles. The number of anilines is 2. The fourth-order valence-corrected chi connectivity index (χ4v) is 5.25. The molecule has 8 nitrogen and oxygen atoms in total. The lowest BCUT2D eigenvalue weighted by atomic mass is 9.86. The average Bonchev–Trinajstić information content (AvgIpc) is 3.35. The van der Waals surface area contributed by atoms with E-state index < -0.39 is 23.0 Å². The van der Waals surface area contributed by atoms with Gasteiger partial charge in [-0.05, 0) is 42.7 Å². The van der Waals surface area contributed by atoms with Crippen LogP contribution in [0.15, 0.2) is 67.4 Å². The Morgan fingerprint density at radius 2 is 1.77 bits per heavy atom. The molecule has 0 spiro atoms. The molecule has 1 unspecified atom stereocenters. The number of hydrogen-bond acceptors (Lipinski definition) is 7. The van der Waals surface area contributed by atoms with Crippen LogP contribution in [-0.2, 0) is 12.0 Å². The first-order chi connectivity index (χ1) is 18.8. The number of piperidine rings is 1. The third-order valence-corrected chi connectivity index (χ3v) is 7.19. The summed E-state index contributed by atoms with van der Waals surface area (Å²) in [5, 5.41) is 0. The number of halogens is 3. The molecule has 5 aromatic rings. The highest BCUT2D eigenvalue weighted by Crippen LogP contribution is 2.35. The summed E-state index contributed by atoms with van der Waals surface area (Å²) in [5.41, 5.74) is 15.9. The molecule has 0 radical (unpaired) electrons. The zero-order valence-electron chi connectivity index (χ0n) is 20.9. The number of fused-ring (bicyclic) bond motifs is 1. The largest absolute Gasteiger partial charge is 0.381 e. The Labute approximate surface area is 222 Å². The summed E-state index contributed by atoms with van der Waals surface area (Å²) in [6.07, 6.45) is 10.4. The van der Waals surface area contributed by atoms with Crippen LogP contribution in [0.25, 0.3) is 16.9 Å². The third-order valence-electron chi connectivity index (χ3n) is 7.19. The quantitative estimate of drug-likeness (QED) is 0.327. The van der Waals surface area contributed by atoms with Crippen molar-refractivity contribution >= 4 is 17.2 Å². The molecule has 1 aromatic carbocycles. The summed E-state index contributed by atoms with van der Waals surface area (Å²) in [6, 6.07) is 8.74. The molecule has 0 bridgehead atoms. The minimum atomic E-state index is -1.26. The van der Waals surface area contributed by atoms with E-state index >= 15 is 0 Å². The Hall–Kier alpha value is -4.51. The SMILES string of the molecule is Nc1nccn2c(Cc3cc(-c4cc(F)c(F)cc4F)ncc3N3CCCC(N)(c4ccccn4)C3)cnc12. The molecule has 11 heteroatoms. The van der Waals surface area contributed by atoms with E-state index in [1.54, 1.807) is 37.1 Å². The number of benzene rings is 1. The van der Waals surface area contributed by atoms with Crippen molar-refractivity contribution < 1.29 is 13.2 Å². The molecule has 1 atom stereocenters. The van der Waals surface area contributed by atoms with Gasteiger partial charge in [0.05, 0.1) is 28.8 Å². The molecule has 5 heterocycles. The van der Waals surface area contributed by atoms with E-state index in [-0.39, 0.29) is 11.3 Å². The molecule has 1 fully saturated rings. The van der Waals surface area contributed by atoms with E-state index in [1.165, 1.54) is 0 Å². The van der Waals surface area contributed by atoms with Crippen LogP contribution in [0.5, 0.6) is 0 Å². The minimum Gasteiger partial charge on any atom is -0.381 e. The molecule has 198 valence electrons. The van der Waals surface area contributed by atoms with Gasteiger partial charge in [-0.1, -0.05) is 6.07 Å². The predicted molar refractivity (Wildman–Crippen MR) is 141 cm³/mol. The predicted octanol–water partition coefficient (Wildman–Crippen LogP) is 4.23. The topological polar surface area (TPSA) is 111 Å². The van der Waals surface area contributed by atoms with Crippen molar-refractivity contribution in [2.24, 2.45) is 5.73 Å². The molecule has 4 aromatic heterocycles. The lowest BCUT2D eigenvalue weighted by Gasteiger charge is -2.41. The van der Waals surface area contributed by atoms with Crippen molar-refractivity contribution in [1.82, 2.24) is 24.3 Å². The van der Waals surface area contributed by atoms with Crippen molar-refractivity contribution in [1.29, 1.82) is 0 Å². The Bertz CT molecular complexity index is 1670. The number of hydrogen-bond donors (Lipinski definition) is 2. The fourth-order valence-electron chi connectivity index (χ4n) is 5.25. The minimum absolute atomic E-state index is 0.131. The first-order valence-corrected chi connectivity index (χ1v) is 12.5. The number of pyridine rings is 2. The Morgan fingerprint density at radius 1 is 0.923 bits per heavy atom. The highest BCUT2D eigenvalue weighted by atomic mass is 19.2. The van der Waals surface area contributed by atoms with E-state index in [0.29, 0.717) is 30.5 Å². The van der Waals surface area contributed by atoms with Crippen molar-refractivity contribution in [3.63, 3.8) is 0 Å². The monoisotopic (exact) mass is 530 g/mol. The zero-order valence-corrected chi connectivity index (χ0v) is 20.9. The summed E-state index contributed by atoms with van der Waals surface area (Å²) in [7, 11) is 0. The molecule has 0 amide bonds. The standard InChI is InChI=1S/C28H25F3N8/c29-20-13-22(31)21(30)12-19(20)23-11-17(10-18-14-37-27-26(32)35-7-9-39(18)27)24(15-36-23)38-8-3-5-28(33,16-38)25-4-1-2-6-34-25/h1-2,4,6-7,9,11-15H,3,5,8,10,16,33H2,(H2,32,35). The van der Waals surface area contributed by atoms with E-state index in [4.69, 9.17) is 11.5 Å². The number of nitrogens with two attached hydrogens (primary N) is 2. The summed E-state index contributed by atoms with van der Waals surface area (Å²) < 4.78 is 44.2. The summed E-state index contributed by atoms with van der Waals surface area (Å²) in [6.45, 7) is 1.21. The van der Waals surface area contributed by atoms with Crippen molar-refractivity contribution in [3.05, 3.63) is 102 Å². The van der Waals surface area contributed by atoms with Gasteiger partial charge in [0.25, 0.3) is 0 Å². The van der Waals surface area contributed by atoms with Gasteiger partial charge in [-0.3, -0.25) is 14.4 Å². The van der Waals surface area contributed by atoms with Gasteiger partial charge in [0.15, 0.2) is 23.1 Å². The third kappa shape index (κ3) is 4.54. The maximum atomic E-state index is 14.7. The number of nitrogen functional groups attached to an aromatic ring is 1. The second kappa shape index (κ2) is 9.66. The Morgan fingerprint density at radius 3 is 2.59 bits per heavy atom. The summed E-state index contributed by atoms with van der Waals surface area (Å²) in [5.74, 6) is -3.01. The van der Waals surface area contributed by atoms with Crippen LogP contribution in [0, 0.1) is 17.5 Å². The van der Waals surface area contributed by atoms with E-state index in [9.17, 15) is 13.2 Å². The maximum Gasteiger partial charge on any atom is 0.180 e. The van der Waals surface area contributed by atoms with Crippen molar-refractivity contribution in [2.45, 2.75) is 24.8 Å². The first kappa shape index (κ1) is 24.8. The lowest BCUT2D eigenvalue weighted by Crippen LogP contribution is -2.52. The van der Waals surface area contributed by atoms with Gasteiger partial charge in [-0.25, -0.2) is 23.1 Å². The highest BCUT2D eigenvalue weighted by Gasteiger charge is 2.35. The second-order valence-corrected chi connectivity index (χ2v) is 9.77. The van der Waals surface area contributed by atoms with E-state index in [2.05, 4.69) is 24.8 Å².